The quantitative estimate of drug-likeness (QED) is 0.908. The first kappa shape index (κ1) is 12.0. The van der Waals surface area contributed by atoms with Crippen LogP contribution >= 0.6 is 11.3 Å². The number of aryl methyl sites for hydroxylation is 1. The van der Waals surface area contributed by atoms with Crippen molar-refractivity contribution in [2.45, 2.75) is 32.7 Å². The van der Waals surface area contributed by atoms with E-state index in [4.69, 9.17) is 0 Å². The van der Waals surface area contributed by atoms with Gasteiger partial charge in [-0.15, -0.1) is 10.2 Å². The maximum Gasteiger partial charge on any atom is 0.206 e. The maximum absolute atomic E-state index is 4.24. The van der Waals surface area contributed by atoms with Gasteiger partial charge in [-0.1, -0.05) is 32.1 Å². The highest BCUT2D eigenvalue weighted by molar-refractivity contribution is 7.15. The van der Waals surface area contributed by atoms with Gasteiger partial charge in [0.2, 0.25) is 5.13 Å². The molecule has 92 valence electrons. The smallest absolute Gasteiger partial charge is 0.206 e. The SMILES string of the molecule is Cn1ccnc1CNc1nnc(C(C)(C)C)s1. The maximum atomic E-state index is 4.24. The van der Waals surface area contributed by atoms with Crippen LogP contribution in [0.25, 0.3) is 0 Å². The highest BCUT2D eigenvalue weighted by Gasteiger charge is 2.19. The minimum Gasteiger partial charge on any atom is -0.353 e. The third-order valence-electron chi connectivity index (χ3n) is 2.39. The second-order valence-corrected chi connectivity index (χ2v) is 5.95. The van der Waals surface area contributed by atoms with E-state index < -0.39 is 0 Å². The molecular formula is C11H17N5S. The lowest BCUT2D eigenvalue weighted by Gasteiger charge is -2.12. The standard InChI is InChI=1S/C11H17N5S/c1-11(2,3)9-14-15-10(17-9)13-7-8-12-5-6-16(8)4/h5-6H,7H2,1-4H3,(H,13,15). The van der Waals surface area contributed by atoms with Crippen molar-refractivity contribution in [3.63, 3.8) is 0 Å². The van der Waals surface area contributed by atoms with Gasteiger partial charge in [0.1, 0.15) is 10.8 Å². The van der Waals surface area contributed by atoms with Crippen molar-refractivity contribution >= 4 is 16.5 Å². The Morgan fingerprint density at radius 1 is 1.35 bits per heavy atom. The lowest BCUT2D eigenvalue weighted by molar-refractivity contribution is 0.578. The Balaban J connectivity index is 2.01. The van der Waals surface area contributed by atoms with Gasteiger partial charge in [-0.3, -0.25) is 0 Å². The van der Waals surface area contributed by atoms with Gasteiger partial charge in [0.15, 0.2) is 0 Å². The number of nitrogens with zero attached hydrogens (tertiary/aromatic N) is 4. The molecule has 0 radical (unpaired) electrons. The van der Waals surface area contributed by atoms with Gasteiger partial charge in [-0.2, -0.15) is 0 Å². The van der Waals surface area contributed by atoms with E-state index in [1.54, 1.807) is 17.5 Å². The topological polar surface area (TPSA) is 55.6 Å². The van der Waals surface area contributed by atoms with Crippen LogP contribution in [0.4, 0.5) is 5.13 Å². The van der Waals surface area contributed by atoms with Crippen LogP contribution < -0.4 is 5.32 Å². The van der Waals surface area contributed by atoms with Gasteiger partial charge < -0.3 is 9.88 Å². The molecule has 0 atom stereocenters. The van der Waals surface area contributed by atoms with E-state index in [0.717, 1.165) is 16.0 Å². The zero-order chi connectivity index (χ0) is 12.5. The van der Waals surface area contributed by atoms with Gasteiger partial charge in [0, 0.05) is 24.9 Å². The molecule has 2 aromatic heterocycles. The third-order valence-corrected chi connectivity index (χ3v) is 3.69. The van der Waals surface area contributed by atoms with E-state index >= 15 is 0 Å². The molecule has 0 aromatic carbocycles. The summed E-state index contributed by atoms with van der Waals surface area (Å²) in [5, 5.41) is 13.4. The lowest BCUT2D eigenvalue weighted by Crippen LogP contribution is -2.10. The number of imidazole rings is 1. The molecule has 0 bridgehead atoms. The highest BCUT2D eigenvalue weighted by Crippen LogP contribution is 2.27. The highest BCUT2D eigenvalue weighted by atomic mass is 32.1. The van der Waals surface area contributed by atoms with Crippen molar-refractivity contribution in [3.05, 3.63) is 23.2 Å². The van der Waals surface area contributed by atoms with Crippen molar-refractivity contribution in [2.24, 2.45) is 7.05 Å². The largest absolute Gasteiger partial charge is 0.353 e. The number of hydrogen-bond acceptors (Lipinski definition) is 5. The van der Waals surface area contributed by atoms with Crippen LogP contribution in [0.5, 0.6) is 0 Å². The molecule has 0 saturated heterocycles. The molecule has 0 amide bonds. The fourth-order valence-electron chi connectivity index (χ4n) is 1.32. The van der Waals surface area contributed by atoms with Crippen molar-refractivity contribution < 1.29 is 0 Å². The Kier molecular flexibility index (Phi) is 3.15. The van der Waals surface area contributed by atoms with Crippen LogP contribution in [-0.2, 0) is 19.0 Å². The van der Waals surface area contributed by atoms with E-state index in [1.807, 2.05) is 17.8 Å². The minimum atomic E-state index is 0.0564. The summed E-state index contributed by atoms with van der Waals surface area (Å²) in [5.74, 6) is 0.984. The second-order valence-electron chi connectivity index (χ2n) is 4.97. The van der Waals surface area contributed by atoms with Crippen molar-refractivity contribution in [1.29, 1.82) is 0 Å². The van der Waals surface area contributed by atoms with Crippen LogP contribution in [-0.4, -0.2) is 19.7 Å². The average molecular weight is 251 g/mol. The normalized spacial score (nSPS) is 11.8. The predicted molar refractivity (Wildman–Crippen MR) is 69.1 cm³/mol. The van der Waals surface area contributed by atoms with E-state index in [9.17, 15) is 0 Å². The summed E-state index contributed by atoms with van der Waals surface area (Å²) in [6.45, 7) is 7.07. The number of nitrogens with one attached hydrogen (secondary N) is 1. The van der Waals surface area contributed by atoms with E-state index in [2.05, 4.69) is 41.3 Å². The summed E-state index contributed by atoms with van der Waals surface area (Å²) in [7, 11) is 1.98. The molecule has 0 aliphatic heterocycles. The fraction of sp³-hybridized carbons (Fsp3) is 0.545. The van der Waals surface area contributed by atoms with Gasteiger partial charge in [-0.05, 0) is 0 Å². The summed E-state index contributed by atoms with van der Waals surface area (Å²) in [6, 6.07) is 0. The Morgan fingerprint density at radius 3 is 2.65 bits per heavy atom. The van der Waals surface area contributed by atoms with Crippen LogP contribution in [0, 0.1) is 0 Å². The van der Waals surface area contributed by atoms with Crippen LogP contribution in [0.1, 0.15) is 31.6 Å². The molecule has 6 heteroatoms. The van der Waals surface area contributed by atoms with E-state index in [0.29, 0.717) is 6.54 Å². The van der Waals surface area contributed by atoms with Crippen molar-refractivity contribution in [3.8, 4) is 0 Å². The summed E-state index contributed by atoms with van der Waals surface area (Å²) in [5.41, 5.74) is 0.0564. The van der Waals surface area contributed by atoms with Crippen LogP contribution in [0.15, 0.2) is 12.4 Å². The molecule has 0 aliphatic rings. The Hall–Kier alpha value is -1.43. The Bertz CT molecular complexity index is 494. The summed E-state index contributed by atoms with van der Waals surface area (Å²) >= 11 is 1.60. The molecule has 0 saturated carbocycles. The summed E-state index contributed by atoms with van der Waals surface area (Å²) in [4.78, 5) is 4.24. The fourth-order valence-corrected chi connectivity index (χ4v) is 2.12. The van der Waals surface area contributed by atoms with Crippen molar-refractivity contribution in [2.75, 3.05) is 5.32 Å². The molecule has 2 rings (SSSR count). The first-order valence-electron chi connectivity index (χ1n) is 5.51. The molecule has 2 heterocycles. The molecule has 0 spiro atoms. The molecule has 1 N–H and O–H groups in total. The number of anilines is 1. The molecule has 2 aromatic rings. The number of aromatic nitrogens is 4. The zero-order valence-electron chi connectivity index (χ0n) is 10.6. The minimum absolute atomic E-state index is 0.0564. The second kappa shape index (κ2) is 4.44. The molecule has 5 nitrogen and oxygen atoms in total. The zero-order valence-corrected chi connectivity index (χ0v) is 11.4. The monoisotopic (exact) mass is 251 g/mol. The van der Waals surface area contributed by atoms with Crippen molar-refractivity contribution in [1.82, 2.24) is 19.7 Å². The lowest BCUT2D eigenvalue weighted by atomic mass is 9.98. The number of rotatable bonds is 3. The number of hydrogen-bond donors (Lipinski definition) is 1. The molecule has 0 fully saturated rings. The van der Waals surface area contributed by atoms with E-state index in [-0.39, 0.29) is 5.41 Å². The molecular weight excluding hydrogens is 234 g/mol. The predicted octanol–water partition coefficient (Wildman–Crippen LogP) is 2.18. The third kappa shape index (κ3) is 2.82. The van der Waals surface area contributed by atoms with Gasteiger partial charge in [-0.25, -0.2) is 4.98 Å². The summed E-state index contributed by atoms with van der Waals surface area (Å²) < 4.78 is 1.98. The first-order valence-corrected chi connectivity index (χ1v) is 6.32. The van der Waals surface area contributed by atoms with Gasteiger partial charge in [0.25, 0.3) is 0 Å². The average Bonchev–Trinajstić information content (AvgIpc) is 2.82. The van der Waals surface area contributed by atoms with E-state index in [1.165, 1.54) is 0 Å². The summed E-state index contributed by atoms with van der Waals surface area (Å²) in [6.07, 6.45) is 3.72. The van der Waals surface area contributed by atoms with Gasteiger partial charge >= 0.3 is 0 Å². The van der Waals surface area contributed by atoms with Gasteiger partial charge in [0.05, 0.1) is 6.54 Å². The van der Waals surface area contributed by atoms with Crippen LogP contribution in [0.2, 0.25) is 0 Å². The molecule has 17 heavy (non-hydrogen) atoms. The van der Waals surface area contributed by atoms with Crippen LogP contribution in [0.3, 0.4) is 0 Å². The Morgan fingerprint density at radius 2 is 2.12 bits per heavy atom. The molecule has 0 unspecified atom stereocenters. The Labute approximate surface area is 105 Å². The first-order chi connectivity index (χ1) is 7.97. The molecule has 0 aliphatic carbocycles.